The van der Waals surface area contributed by atoms with Crippen LogP contribution < -0.4 is 0 Å². The van der Waals surface area contributed by atoms with Crippen molar-refractivity contribution in [2.45, 2.75) is 65.5 Å². The van der Waals surface area contributed by atoms with Crippen molar-refractivity contribution >= 4 is 18.0 Å². The average molecular weight is 354 g/mol. The Labute approximate surface area is 149 Å². The van der Waals surface area contributed by atoms with Gasteiger partial charge in [0, 0.05) is 19.6 Å². The van der Waals surface area contributed by atoms with Crippen molar-refractivity contribution in [3.05, 3.63) is 0 Å². The highest BCUT2D eigenvalue weighted by Crippen LogP contribution is 2.43. The predicted octanol–water partition coefficient (Wildman–Crippen LogP) is 2.35. The van der Waals surface area contributed by atoms with E-state index in [-0.39, 0.29) is 17.9 Å². The van der Waals surface area contributed by atoms with Gasteiger partial charge in [0.25, 0.3) is 0 Å². The number of carboxylic acids is 1. The molecule has 25 heavy (non-hydrogen) atoms. The number of carbonyl (C=O) groups is 3. The summed E-state index contributed by atoms with van der Waals surface area (Å²) in [4.78, 5) is 39.9. The minimum atomic E-state index is -0.952. The fourth-order valence-electron chi connectivity index (χ4n) is 3.80. The molecule has 2 aliphatic rings. The van der Waals surface area contributed by atoms with E-state index in [9.17, 15) is 19.5 Å². The second-order valence-electron chi connectivity index (χ2n) is 8.52. The molecule has 0 saturated carbocycles. The molecule has 2 amide bonds. The van der Waals surface area contributed by atoms with Gasteiger partial charge in [0.2, 0.25) is 5.91 Å². The minimum absolute atomic E-state index is 0.0718. The van der Waals surface area contributed by atoms with Crippen molar-refractivity contribution in [3.63, 3.8) is 0 Å². The first-order valence-corrected chi connectivity index (χ1v) is 8.99. The molecular formula is C18H30N2O5. The first kappa shape index (κ1) is 19.5. The van der Waals surface area contributed by atoms with E-state index in [2.05, 4.69) is 0 Å². The fourth-order valence-corrected chi connectivity index (χ4v) is 3.80. The molecule has 0 radical (unpaired) electrons. The lowest BCUT2D eigenvalue weighted by atomic mass is 9.77. The van der Waals surface area contributed by atoms with Crippen LogP contribution >= 0.6 is 0 Å². The molecule has 0 bridgehead atoms. The summed E-state index contributed by atoms with van der Waals surface area (Å²) in [5, 5.41) is 9.47. The number of hydrogen-bond donors (Lipinski definition) is 1. The van der Waals surface area contributed by atoms with Crippen LogP contribution in [-0.4, -0.2) is 64.2 Å². The van der Waals surface area contributed by atoms with E-state index in [0.717, 1.165) is 0 Å². The van der Waals surface area contributed by atoms with Gasteiger partial charge in [0.15, 0.2) is 0 Å². The molecule has 2 aliphatic heterocycles. The van der Waals surface area contributed by atoms with Gasteiger partial charge in [-0.1, -0.05) is 13.8 Å². The number of aliphatic carboxylic acids is 1. The molecule has 142 valence electrons. The Morgan fingerprint density at radius 3 is 2.08 bits per heavy atom. The zero-order valence-electron chi connectivity index (χ0n) is 15.9. The smallest absolute Gasteiger partial charge is 0.410 e. The van der Waals surface area contributed by atoms with Gasteiger partial charge in [-0.15, -0.1) is 0 Å². The second kappa shape index (κ2) is 6.84. The molecule has 2 rings (SSSR count). The van der Waals surface area contributed by atoms with Gasteiger partial charge in [0.05, 0.1) is 5.41 Å². The number of carbonyl (C=O) groups excluding carboxylic acids is 2. The predicted molar refractivity (Wildman–Crippen MR) is 92.1 cm³/mol. The highest BCUT2D eigenvalue weighted by molar-refractivity contribution is 5.89. The van der Waals surface area contributed by atoms with Gasteiger partial charge in [-0.05, 0) is 46.0 Å². The maximum atomic E-state index is 13.0. The van der Waals surface area contributed by atoms with E-state index in [1.165, 1.54) is 4.90 Å². The summed E-state index contributed by atoms with van der Waals surface area (Å²) in [5.74, 6) is -1.16. The first-order valence-electron chi connectivity index (χ1n) is 8.99. The number of carboxylic acid groups (broad SMARTS) is 1. The van der Waals surface area contributed by atoms with Crippen LogP contribution in [0.4, 0.5) is 4.79 Å². The zero-order chi connectivity index (χ0) is 19.0. The number of likely N-dealkylation sites (tertiary alicyclic amines) is 2. The van der Waals surface area contributed by atoms with Gasteiger partial charge in [-0.2, -0.15) is 0 Å². The Bertz CT molecular complexity index is 544. The summed E-state index contributed by atoms with van der Waals surface area (Å²) >= 11 is 0. The Hall–Kier alpha value is -1.79. The molecule has 0 aromatic carbocycles. The van der Waals surface area contributed by atoms with E-state index < -0.39 is 23.0 Å². The molecule has 2 fully saturated rings. The lowest BCUT2D eigenvalue weighted by molar-refractivity contribution is -0.153. The van der Waals surface area contributed by atoms with Crippen LogP contribution in [0.2, 0.25) is 0 Å². The molecule has 2 saturated heterocycles. The monoisotopic (exact) mass is 354 g/mol. The van der Waals surface area contributed by atoms with Crippen molar-refractivity contribution in [3.8, 4) is 0 Å². The lowest BCUT2D eigenvalue weighted by Gasteiger charge is -2.39. The van der Waals surface area contributed by atoms with E-state index in [0.29, 0.717) is 38.9 Å². The zero-order valence-corrected chi connectivity index (χ0v) is 15.9. The van der Waals surface area contributed by atoms with Crippen LogP contribution in [-0.2, 0) is 14.3 Å². The number of piperidine rings is 1. The van der Waals surface area contributed by atoms with Gasteiger partial charge in [0.1, 0.15) is 11.6 Å². The van der Waals surface area contributed by atoms with Crippen molar-refractivity contribution in [2.24, 2.45) is 11.3 Å². The summed E-state index contributed by atoms with van der Waals surface area (Å²) in [6, 6.07) is -0.782. The molecular weight excluding hydrogens is 324 g/mol. The van der Waals surface area contributed by atoms with E-state index in [1.54, 1.807) is 4.90 Å². The Balaban J connectivity index is 2.03. The molecule has 1 spiro atoms. The molecule has 0 aromatic rings. The quantitative estimate of drug-likeness (QED) is 0.840. The van der Waals surface area contributed by atoms with Gasteiger partial charge in [-0.25, -0.2) is 9.59 Å². The van der Waals surface area contributed by atoms with Crippen LogP contribution in [0.5, 0.6) is 0 Å². The third-order valence-electron chi connectivity index (χ3n) is 5.14. The standard InChI is InChI=1S/C18H30N2O5/c1-12(2)13(14(21)22)20-11-8-18(15(20)23)6-9-19(10-7-18)16(24)25-17(3,4)5/h12-13H,6-11H2,1-5H3,(H,21,22)/t13-/m0/s1. The maximum Gasteiger partial charge on any atom is 0.410 e. The summed E-state index contributed by atoms with van der Waals surface area (Å²) in [7, 11) is 0. The normalized spacial score (nSPS) is 21.8. The van der Waals surface area contributed by atoms with Gasteiger partial charge >= 0.3 is 12.1 Å². The van der Waals surface area contributed by atoms with Crippen molar-refractivity contribution in [1.82, 2.24) is 9.80 Å². The molecule has 2 heterocycles. The summed E-state index contributed by atoms with van der Waals surface area (Å²) in [6.07, 6.45) is 1.43. The molecule has 1 atom stereocenters. The molecule has 1 N–H and O–H groups in total. The van der Waals surface area contributed by atoms with Crippen molar-refractivity contribution in [2.75, 3.05) is 19.6 Å². The van der Waals surface area contributed by atoms with Crippen molar-refractivity contribution in [1.29, 1.82) is 0 Å². The Morgan fingerprint density at radius 1 is 1.12 bits per heavy atom. The highest BCUT2D eigenvalue weighted by Gasteiger charge is 2.51. The summed E-state index contributed by atoms with van der Waals surface area (Å²) < 4.78 is 5.39. The van der Waals surface area contributed by atoms with Crippen LogP contribution in [0, 0.1) is 11.3 Å². The number of amides is 2. The average Bonchev–Trinajstić information content (AvgIpc) is 2.75. The summed E-state index contributed by atoms with van der Waals surface area (Å²) in [6.45, 7) is 10.5. The summed E-state index contributed by atoms with van der Waals surface area (Å²) in [5.41, 5.74) is -1.07. The number of nitrogens with zero attached hydrogens (tertiary/aromatic N) is 2. The molecule has 0 unspecified atom stereocenters. The number of hydrogen-bond acceptors (Lipinski definition) is 4. The van der Waals surface area contributed by atoms with Crippen molar-refractivity contribution < 1.29 is 24.2 Å². The fraction of sp³-hybridized carbons (Fsp3) is 0.833. The number of rotatable bonds is 3. The van der Waals surface area contributed by atoms with Crippen LogP contribution in [0.25, 0.3) is 0 Å². The maximum absolute atomic E-state index is 13.0. The molecule has 0 aliphatic carbocycles. The van der Waals surface area contributed by atoms with Crippen LogP contribution in [0.1, 0.15) is 53.9 Å². The van der Waals surface area contributed by atoms with Gasteiger partial charge < -0.3 is 19.6 Å². The van der Waals surface area contributed by atoms with Crippen LogP contribution in [0.3, 0.4) is 0 Å². The first-order chi connectivity index (χ1) is 11.5. The minimum Gasteiger partial charge on any atom is -0.480 e. The topological polar surface area (TPSA) is 87.2 Å². The lowest BCUT2D eigenvalue weighted by Crippen LogP contribution is -2.51. The van der Waals surface area contributed by atoms with E-state index in [4.69, 9.17) is 4.74 Å². The largest absolute Gasteiger partial charge is 0.480 e. The third-order valence-corrected chi connectivity index (χ3v) is 5.14. The third kappa shape index (κ3) is 4.07. The molecule has 7 heteroatoms. The SMILES string of the molecule is CC(C)[C@@H](C(=O)O)N1CCC2(CCN(C(=O)OC(C)(C)C)CC2)C1=O. The van der Waals surface area contributed by atoms with E-state index >= 15 is 0 Å². The number of ether oxygens (including phenoxy) is 1. The molecule has 7 nitrogen and oxygen atoms in total. The Kier molecular flexibility index (Phi) is 5.35. The van der Waals surface area contributed by atoms with Crippen LogP contribution in [0.15, 0.2) is 0 Å². The molecule has 0 aromatic heterocycles. The van der Waals surface area contributed by atoms with E-state index in [1.807, 2.05) is 34.6 Å². The second-order valence-corrected chi connectivity index (χ2v) is 8.52. The van der Waals surface area contributed by atoms with Gasteiger partial charge in [-0.3, -0.25) is 4.79 Å². The Morgan fingerprint density at radius 2 is 1.64 bits per heavy atom. The highest BCUT2D eigenvalue weighted by atomic mass is 16.6.